The van der Waals surface area contributed by atoms with Gasteiger partial charge in [0.05, 0.1) is 0 Å². The summed E-state index contributed by atoms with van der Waals surface area (Å²) in [7, 11) is 0. The van der Waals surface area contributed by atoms with Crippen molar-refractivity contribution in [2.45, 2.75) is 83.6 Å². The molecule has 2 rings (SSSR count). The first kappa shape index (κ1) is 21.4. The maximum absolute atomic E-state index is 12.7. The van der Waals surface area contributed by atoms with E-state index >= 15 is 0 Å². The summed E-state index contributed by atoms with van der Waals surface area (Å²) < 4.78 is 23.0. The average molecular weight is 378 g/mol. The summed E-state index contributed by atoms with van der Waals surface area (Å²) in [6.45, 7) is 7.56. The number of hydrogen-bond donors (Lipinski definition) is 0. The van der Waals surface area contributed by atoms with Crippen LogP contribution in [0.3, 0.4) is 0 Å². The van der Waals surface area contributed by atoms with Crippen molar-refractivity contribution in [3.05, 3.63) is 36.5 Å². The van der Waals surface area contributed by atoms with Gasteiger partial charge in [0.25, 0.3) is 0 Å². The minimum Gasteiger partial charge on any atom is -0.457 e. The number of fused-ring (bicyclic) bond motifs is 1. The number of esters is 2. The van der Waals surface area contributed by atoms with Crippen LogP contribution in [0.15, 0.2) is 36.5 Å². The highest BCUT2D eigenvalue weighted by Crippen LogP contribution is 2.34. The van der Waals surface area contributed by atoms with E-state index < -0.39 is 29.9 Å². The highest BCUT2D eigenvalue weighted by atomic mass is 16.8. The number of carbonyl (C=O) groups excluding carboxylic acids is 2. The first-order chi connectivity index (χ1) is 12.9. The molecule has 0 aromatic carbocycles. The van der Waals surface area contributed by atoms with Gasteiger partial charge in [0.15, 0.2) is 11.9 Å². The second-order valence-corrected chi connectivity index (χ2v) is 7.14. The van der Waals surface area contributed by atoms with Crippen LogP contribution in [-0.4, -0.2) is 42.1 Å². The lowest BCUT2D eigenvalue weighted by Gasteiger charge is -2.28. The third-order valence-corrected chi connectivity index (χ3v) is 4.35. The average Bonchev–Trinajstić information content (AvgIpc) is 2.91. The van der Waals surface area contributed by atoms with Crippen LogP contribution in [0.2, 0.25) is 0 Å². The molecule has 27 heavy (non-hydrogen) atoms. The molecule has 1 fully saturated rings. The molecule has 4 atom stereocenters. The Hall–Kier alpha value is -1.92. The Labute approximate surface area is 161 Å². The maximum atomic E-state index is 12.7. The largest absolute Gasteiger partial charge is 0.457 e. The predicted molar refractivity (Wildman–Crippen MR) is 101 cm³/mol. The summed E-state index contributed by atoms with van der Waals surface area (Å²) in [5, 5.41) is 0. The summed E-state index contributed by atoms with van der Waals surface area (Å²) in [6.07, 6.45) is 10.6. The first-order valence-electron chi connectivity index (χ1n) is 9.59. The molecule has 0 amide bonds. The molecule has 2 heterocycles. The van der Waals surface area contributed by atoms with Crippen LogP contribution in [0.4, 0.5) is 0 Å². The molecule has 0 spiro atoms. The Balaban J connectivity index is 2.14. The summed E-state index contributed by atoms with van der Waals surface area (Å²) in [4.78, 5) is 24.6. The summed E-state index contributed by atoms with van der Waals surface area (Å²) >= 11 is 0. The van der Waals surface area contributed by atoms with Crippen LogP contribution in [0.5, 0.6) is 0 Å². The third-order valence-electron chi connectivity index (χ3n) is 4.35. The molecule has 6 nitrogen and oxygen atoms in total. The molecule has 0 aromatic heterocycles. The molecule has 0 radical (unpaired) electrons. The fraction of sp³-hybridized carbons (Fsp3) is 0.619. The van der Waals surface area contributed by atoms with Gasteiger partial charge in [-0.1, -0.05) is 43.7 Å². The van der Waals surface area contributed by atoms with Crippen molar-refractivity contribution in [1.82, 2.24) is 0 Å². The Kier molecular flexibility index (Phi) is 7.80. The zero-order chi connectivity index (χ0) is 19.9. The Morgan fingerprint density at radius 2 is 2.11 bits per heavy atom. The number of hydrogen-bond acceptors (Lipinski definition) is 6. The Morgan fingerprint density at radius 1 is 1.33 bits per heavy atom. The van der Waals surface area contributed by atoms with Crippen LogP contribution in [0.1, 0.15) is 53.4 Å². The van der Waals surface area contributed by atoms with Gasteiger partial charge in [0.1, 0.15) is 18.3 Å². The van der Waals surface area contributed by atoms with E-state index in [4.69, 9.17) is 18.9 Å². The maximum Gasteiger partial charge on any atom is 0.347 e. The minimum absolute atomic E-state index is 0.271. The molecule has 6 heteroatoms. The number of allylic oxidation sites excluding steroid dienone is 4. The molecule has 0 saturated carbocycles. The summed E-state index contributed by atoms with van der Waals surface area (Å²) in [5.74, 6) is -1.85. The summed E-state index contributed by atoms with van der Waals surface area (Å²) in [6, 6.07) is 0. The van der Waals surface area contributed by atoms with Gasteiger partial charge in [-0.25, -0.2) is 9.59 Å². The minimum atomic E-state index is -0.941. The zero-order valence-electron chi connectivity index (χ0n) is 16.6. The molecule has 0 aliphatic carbocycles. The van der Waals surface area contributed by atoms with Gasteiger partial charge in [-0.3, -0.25) is 0 Å². The van der Waals surface area contributed by atoms with Crippen molar-refractivity contribution in [3.8, 4) is 0 Å². The fourth-order valence-corrected chi connectivity index (χ4v) is 3.18. The lowest BCUT2D eigenvalue weighted by molar-refractivity contribution is -0.182. The number of cyclic esters (lactones) is 1. The molecule has 2 aliphatic heterocycles. The van der Waals surface area contributed by atoms with Crippen molar-refractivity contribution in [2.24, 2.45) is 0 Å². The molecule has 2 aliphatic rings. The van der Waals surface area contributed by atoms with Gasteiger partial charge >= 0.3 is 11.9 Å². The van der Waals surface area contributed by atoms with E-state index in [2.05, 4.69) is 0 Å². The molecule has 0 unspecified atom stereocenters. The predicted octanol–water partition coefficient (Wildman–Crippen LogP) is 3.61. The number of carbonyl (C=O) groups is 2. The first-order valence-corrected chi connectivity index (χ1v) is 9.59. The lowest BCUT2D eigenvalue weighted by atomic mass is 10.0. The second-order valence-electron chi connectivity index (χ2n) is 7.14. The highest BCUT2D eigenvalue weighted by Gasteiger charge is 2.46. The van der Waals surface area contributed by atoms with E-state index in [1.165, 1.54) is 6.08 Å². The standard InChI is InChI=1S/C21H30O6/c1-5-7-8-14-18(22)24-17-13-10-9-12-16-19(27-21(3,4)26-16)15(11-6-2)25-20(17)23/h5,7-9,12,14-17,19H,6,10-11,13H2,1-4H3/b7-5+,12-9+,14-8+/t15-,16+,17+,19-/m1/s1. The van der Waals surface area contributed by atoms with Crippen LogP contribution in [0.25, 0.3) is 0 Å². The van der Waals surface area contributed by atoms with Gasteiger partial charge < -0.3 is 18.9 Å². The van der Waals surface area contributed by atoms with E-state index in [9.17, 15) is 9.59 Å². The Bertz CT molecular complexity index is 604. The molecule has 0 aromatic rings. The van der Waals surface area contributed by atoms with E-state index in [1.807, 2.05) is 39.8 Å². The van der Waals surface area contributed by atoms with Crippen molar-refractivity contribution in [2.75, 3.05) is 0 Å². The monoisotopic (exact) mass is 378 g/mol. The molecule has 0 N–H and O–H groups in total. The smallest absolute Gasteiger partial charge is 0.347 e. The van der Waals surface area contributed by atoms with Gasteiger partial charge in [0.2, 0.25) is 0 Å². The Morgan fingerprint density at radius 3 is 2.81 bits per heavy atom. The van der Waals surface area contributed by atoms with E-state index in [1.54, 1.807) is 18.2 Å². The molecular formula is C21H30O6. The lowest BCUT2D eigenvalue weighted by Crippen LogP contribution is -2.41. The van der Waals surface area contributed by atoms with Crippen LogP contribution in [0, 0.1) is 0 Å². The van der Waals surface area contributed by atoms with Crippen LogP contribution < -0.4 is 0 Å². The van der Waals surface area contributed by atoms with Crippen molar-refractivity contribution >= 4 is 11.9 Å². The van der Waals surface area contributed by atoms with E-state index in [0.717, 1.165) is 6.42 Å². The van der Waals surface area contributed by atoms with Gasteiger partial charge in [0, 0.05) is 6.08 Å². The normalized spacial score (nSPS) is 32.2. The number of rotatable bonds is 5. The zero-order valence-corrected chi connectivity index (χ0v) is 16.6. The van der Waals surface area contributed by atoms with Crippen molar-refractivity contribution in [3.63, 3.8) is 0 Å². The van der Waals surface area contributed by atoms with E-state index in [-0.39, 0.29) is 12.2 Å². The highest BCUT2D eigenvalue weighted by molar-refractivity contribution is 5.86. The van der Waals surface area contributed by atoms with Crippen molar-refractivity contribution < 1.29 is 28.5 Å². The topological polar surface area (TPSA) is 71.1 Å². The van der Waals surface area contributed by atoms with Crippen LogP contribution >= 0.6 is 0 Å². The molecular weight excluding hydrogens is 348 g/mol. The number of ether oxygens (including phenoxy) is 4. The van der Waals surface area contributed by atoms with Crippen LogP contribution in [-0.2, 0) is 28.5 Å². The quantitative estimate of drug-likeness (QED) is 0.315. The van der Waals surface area contributed by atoms with Gasteiger partial charge in [-0.05, 0) is 40.0 Å². The van der Waals surface area contributed by atoms with Gasteiger partial charge in [-0.2, -0.15) is 0 Å². The molecule has 0 bridgehead atoms. The SMILES string of the molecule is C/C=C/C=C/C(=O)O[C@H]1CC/C=C/[C@@H]2OC(C)(C)O[C@@H]2[C@@H](CCC)OC1=O. The second kappa shape index (κ2) is 9.85. The van der Waals surface area contributed by atoms with E-state index in [0.29, 0.717) is 19.3 Å². The molecule has 150 valence electrons. The molecule has 1 saturated heterocycles. The third kappa shape index (κ3) is 6.33. The van der Waals surface area contributed by atoms with Crippen molar-refractivity contribution in [1.29, 1.82) is 0 Å². The fourth-order valence-electron chi connectivity index (χ4n) is 3.18. The summed E-state index contributed by atoms with van der Waals surface area (Å²) in [5.41, 5.74) is 0. The van der Waals surface area contributed by atoms with Gasteiger partial charge in [-0.15, -0.1) is 0 Å².